The van der Waals surface area contributed by atoms with E-state index in [0.29, 0.717) is 17.0 Å². The van der Waals surface area contributed by atoms with Gasteiger partial charge in [0.1, 0.15) is 11.3 Å². The molecule has 0 amide bonds. The highest BCUT2D eigenvalue weighted by Crippen LogP contribution is 2.32. The first kappa shape index (κ1) is 14.0. The summed E-state index contributed by atoms with van der Waals surface area (Å²) in [5.41, 5.74) is 1.75. The molecule has 1 aromatic carbocycles. The second-order valence-corrected chi connectivity index (χ2v) is 6.16. The molecule has 6 heteroatoms. The zero-order chi connectivity index (χ0) is 16.0. The summed E-state index contributed by atoms with van der Waals surface area (Å²) in [4.78, 5) is 30.7. The van der Waals surface area contributed by atoms with Crippen LogP contribution in [-0.4, -0.2) is 25.4 Å². The van der Waals surface area contributed by atoms with E-state index in [1.807, 2.05) is 4.40 Å². The van der Waals surface area contributed by atoms with Gasteiger partial charge in [0.05, 0.1) is 22.8 Å². The Kier molecular flexibility index (Phi) is 3.18. The summed E-state index contributed by atoms with van der Waals surface area (Å²) in [6, 6.07) is 4.81. The van der Waals surface area contributed by atoms with E-state index < -0.39 is 5.97 Å². The molecule has 2 N–H and O–H groups in total. The summed E-state index contributed by atoms with van der Waals surface area (Å²) in [6.07, 6.45) is 7.41. The van der Waals surface area contributed by atoms with Crippen LogP contribution in [0, 0.1) is 0 Å². The zero-order valence-corrected chi connectivity index (χ0v) is 12.6. The van der Waals surface area contributed by atoms with E-state index in [1.165, 1.54) is 25.3 Å². The summed E-state index contributed by atoms with van der Waals surface area (Å²) in [7, 11) is 0. The summed E-state index contributed by atoms with van der Waals surface area (Å²) >= 11 is 0. The lowest BCUT2D eigenvalue weighted by Gasteiger charge is -2.21. The smallest absolute Gasteiger partial charge is 0.335 e. The Morgan fingerprint density at radius 2 is 2.00 bits per heavy atom. The molecule has 2 aromatic heterocycles. The lowest BCUT2D eigenvalue weighted by Crippen LogP contribution is -2.14. The van der Waals surface area contributed by atoms with Crippen LogP contribution in [-0.2, 0) is 0 Å². The molecule has 0 spiro atoms. The molecule has 0 aliphatic heterocycles. The van der Waals surface area contributed by atoms with Crippen LogP contribution in [0.25, 0.3) is 16.6 Å². The molecule has 1 aliphatic rings. The van der Waals surface area contributed by atoms with E-state index in [1.54, 1.807) is 18.3 Å². The molecule has 3 aromatic rings. The molecule has 23 heavy (non-hydrogen) atoms. The third kappa shape index (κ3) is 2.21. The molecule has 4 rings (SSSR count). The fourth-order valence-corrected chi connectivity index (χ4v) is 3.58. The van der Waals surface area contributed by atoms with E-state index in [-0.39, 0.29) is 11.1 Å². The summed E-state index contributed by atoms with van der Waals surface area (Å²) in [6.45, 7) is 0. The van der Waals surface area contributed by atoms with Crippen molar-refractivity contribution in [3.8, 4) is 0 Å². The molecule has 1 fully saturated rings. The van der Waals surface area contributed by atoms with Crippen molar-refractivity contribution in [3.05, 3.63) is 46.1 Å². The molecule has 6 nitrogen and oxygen atoms in total. The number of imidazole rings is 1. The summed E-state index contributed by atoms with van der Waals surface area (Å²) in [5, 5.41) is 9.13. The minimum absolute atomic E-state index is 0.159. The highest BCUT2D eigenvalue weighted by Gasteiger charge is 2.22. The lowest BCUT2D eigenvalue weighted by atomic mass is 9.89. The maximum Gasteiger partial charge on any atom is 0.335 e. The number of nitrogens with one attached hydrogen (secondary N) is 1. The number of hydrogen-bond acceptors (Lipinski definition) is 3. The van der Waals surface area contributed by atoms with Gasteiger partial charge in [-0.1, -0.05) is 19.3 Å². The Bertz CT molecular complexity index is 964. The molecule has 1 saturated carbocycles. The number of hydrogen-bond donors (Lipinski definition) is 2. The molecule has 0 bridgehead atoms. The van der Waals surface area contributed by atoms with E-state index in [2.05, 4.69) is 9.97 Å². The number of fused-ring (bicyclic) bond motifs is 3. The molecule has 0 atom stereocenters. The molecular formula is C17H17N3O3. The third-order valence-electron chi connectivity index (χ3n) is 4.72. The molecule has 2 heterocycles. The van der Waals surface area contributed by atoms with Crippen molar-refractivity contribution < 1.29 is 9.90 Å². The number of carboxylic acid groups (broad SMARTS) is 1. The number of benzene rings is 1. The second kappa shape index (κ2) is 5.22. The Morgan fingerprint density at radius 3 is 2.74 bits per heavy atom. The van der Waals surface area contributed by atoms with Gasteiger partial charge in [-0.2, -0.15) is 0 Å². The average Bonchev–Trinajstić information content (AvgIpc) is 3.01. The van der Waals surface area contributed by atoms with Crippen LogP contribution in [0.2, 0.25) is 0 Å². The van der Waals surface area contributed by atoms with Crippen molar-refractivity contribution in [2.75, 3.05) is 0 Å². The number of H-pyrrole nitrogens is 1. The van der Waals surface area contributed by atoms with Crippen molar-refractivity contribution in [1.82, 2.24) is 14.4 Å². The Hall–Kier alpha value is -2.63. The largest absolute Gasteiger partial charge is 0.478 e. The number of carboxylic acids is 1. The Morgan fingerprint density at radius 1 is 1.22 bits per heavy atom. The summed E-state index contributed by atoms with van der Waals surface area (Å²) in [5.74, 6) is 0.264. The predicted molar refractivity (Wildman–Crippen MR) is 86.1 cm³/mol. The van der Waals surface area contributed by atoms with Gasteiger partial charge in [-0.05, 0) is 31.0 Å². The van der Waals surface area contributed by atoms with Crippen LogP contribution in [0.1, 0.15) is 54.2 Å². The van der Waals surface area contributed by atoms with Gasteiger partial charge >= 0.3 is 5.97 Å². The minimum Gasteiger partial charge on any atom is -0.478 e. The molecule has 1 aliphatic carbocycles. The highest BCUT2D eigenvalue weighted by atomic mass is 16.4. The highest BCUT2D eigenvalue weighted by molar-refractivity contribution is 5.92. The van der Waals surface area contributed by atoms with Gasteiger partial charge in [0.25, 0.3) is 5.56 Å². The van der Waals surface area contributed by atoms with Crippen molar-refractivity contribution in [2.24, 2.45) is 0 Å². The number of rotatable bonds is 2. The van der Waals surface area contributed by atoms with E-state index >= 15 is 0 Å². The number of aromatic carboxylic acids is 1. The quantitative estimate of drug-likeness (QED) is 0.761. The number of aromatic amines is 1. The van der Waals surface area contributed by atoms with Crippen LogP contribution < -0.4 is 5.56 Å². The molecule has 0 unspecified atom stereocenters. The van der Waals surface area contributed by atoms with Gasteiger partial charge in [0.15, 0.2) is 0 Å². The first-order valence-corrected chi connectivity index (χ1v) is 7.92. The van der Waals surface area contributed by atoms with Gasteiger partial charge in [-0.3, -0.25) is 9.20 Å². The summed E-state index contributed by atoms with van der Waals surface area (Å²) < 4.78 is 1.90. The van der Waals surface area contributed by atoms with E-state index in [4.69, 9.17) is 5.11 Å². The average molecular weight is 311 g/mol. The van der Waals surface area contributed by atoms with Gasteiger partial charge < -0.3 is 10.1 Å². The van der Waals surface area contributed by atoms with Gasteiger partial charge in [0.2, 0.25) is 0 Å². The SMILES string of the molecule is O=C(O)c1ccc2c(c1)[nH]c(=O)c1cnc(C3CCCCC3)n12. The predicted octanol–water partition coefficient (Wildman–Crippen LogP) is 2.92. The normalized spacial score (nSPS) is 16.2. The van der Waals surface area contributed by atoms with Crippen molar-refractivity contribution in [1.29, 1.82) is 0 Å². The second-order valence-electron chi connectivity index (χ2n) is 6.16. The number of nitrogens with zero attached hydrogens (tertiary/aromatic N) is 2. The monoisotopic (exact) mass is 311 g/mol. The zero-order valence-electron chi connectivity index (χ0n) is 12.6. The lowest BCUT2D eigenvalue weighted by molar-refractivity contribution is 0.0697. The maximum atomic E-state index is 12.3. The molecular weight excluding hydrogens is 294 g/mol. The van der Waals surface area contributed by atoms with Crippen LogP contribution in [0.4, 0.5) is 0 Å². The van der Waals surface area contributed by atoms with Crippen molar-refractivity contribution >= 4 is 22.5 Å². The Balaban J connectivity index is 2.00. The minimum atomic E-state index is -1.01. The number of aromatic nitrogens is 3. The van der Waals surface area contributed by atoms with E-state index in [9.17, 15) is 9.59 Å². The number of carbonyl (C=O) groups is 1. The van der Waals surface area contributed by atoms with Gasteiger partial charge in [-0.25, -0.2) is 9.78 Å². The van der Waals surface area contributed by atoms with Crippen LogP contribution >= 0.6 is 0 Å². The topological polar surface area (TPSA) is 87.5 Å². The van der Waals surface area contributed by atoms with Crippen molar-refractivity contribution in [3.63, 3.8) is 0 Å². The first-order valence-electron chi connectivity index (χ1n) is 7.92. The van der Waals surface area contributed by atoms with Crippen LogP contribution in [0.15, 0.2) is 29.2 Å². The van der Waals surface area contributed by atoms with Crippen LogP contribution in [0.3, 0.4) is 0 Å². The maximum absolute atomic E-state index is 12.3. The molecule has 0 radical (unpaired) electrons. The Labute approximate surface area is 131 Å². The fourth-order valence-electron chi connectivity index (χ4n) is 3.58. The standard InChI is InChI=1S/C17H17N3O3/c21-16-14-9-18-15(10-4-2-1-3-5-10)20(14)13-7-6-11(17(22)23)8-12(13)19-16/h6-10H,1-5H2,(H,19,21)(H,22,23). The molecule has 0 saturated heterocycles. The van der Waals surface area contributed by atoms with E-state index in [0.717, 1.165) is 24.2 Å². The van der Waals surface area contributed by atoms with Gasteiger partial charge in [-0.15, -0.1) is 0 Å². The van der Waals surface area contributed by atoms with Crippen LogP contribution in [0.5, 0.6) is 0 Å². The van der Waals surface area contributed by atoms with Gasteiger partial charge in [0, 0.05) is 5.92 Å². The van der Waals surface area contributed by atoms with Crippen molar-refractivity contribution in [2.45, 2.75) is 38.0 Å². The fraction of sp³-hybridized carbons (Fsp3) is 0.353. The first-order chi connectivity index (χ1) is 11.1. The third-order valence-corrected chi connectivity index (χ3v) is 4.72. The molecule has 118 valence electrons.